The van der Waals surface area contributed by atoms with E-state index in [0.29, 0.717) is 16.6 Å². The van der Waals surface area contributed by atoms with Gasteiger partial charge in [-0.25, -0.2) is 9.79 Å². The highest BCUT2D eigenvalue weighted by Gasteiger charge is 2.25. The van der Waals surface area contributed by atoms with Gasteiger partial charge in [0.1, 0.15) is 5.15 Å². The maximum Gasteiger partial charge on any atom is 0.363 e. The number of halogens is 1. The molecular formula is C15H12ClN3O2. The first-order chi connectivity index (χ1) is 10.1. The van der Waals surface area contributed by atoms with Crippen molar-refractivity contribution in [3.8, 4) is 0 Å². The topological polar surface area (TPSA) is 56.5 Å². The van der Waals surface area contributed by atoms with Gasteiger partial charge in [-0.1, -0.05) is 29.8 Å². The molecule has 0 N–H and O–H groups in total. The van der Waals surface area contributed by atoms with E-state index in [1.165, 1.54) is 0 Å². The van der Waals surface area contributed by atoms with E-state index >= 15 is 0 Å². The molecule has 1 aliphatic heterocycles. The lowest BCUT2D eigenvalue weighted by molar-refractivity contribution is -0.129. The second-order valence-electron chi connectivity index (χ2n) is 4.62. The molecular weight excluding hydrogens is 290 g/mol. The van der Waals surface area contributed by atoms with Gasteiger partial charge in [-0.05, 0) is 25.1 Å². The summed E-state index contributed by atoms with van der Waals surface area (Å²) in [5.41, 5.74) is 2.37. The Hall–Kier alpha value is -2.40. The van der Waals surface area contributed by atoms with E-state index in [1.807, 2.05) is 37.3 Å². The van der Waals surface area contributed by atoms with E-state index in [4.69, 9.17) is 16.3 Å². The van der Waals surface area contributed by atoms with Crippen molar-refractivity contribution < 1.29 is 9.53 Å². The van der Waals surface area contributed by atoms with Crippen molar-refractivity contribution in [3.63, 3.8) is 0 Å². The average Bonchev–Trinajstić information content (AvgIpc) is 2.96. The van der Waals surface area contributed by atoms with Crippen LogP contribution in [0.2, 0.25) is 5.15 Å². The smallest absolute Gasteiger partial charge is 0.363 e. The summed E-state index contributed by atoms with van der Waals surface area (Å²) in [4.78, 5) is 16.2. The normalized spacial score (nSPS) is 16.2. The Morgan fingerprint density at radius 2 is 2.00 bits per heavy atom. The van der Waals surface area contributed by atoms with Crippen molar-refractivity contribution in [2.24, 2.45) is 12.0 Å². The van der Waals surface area contributed by atoms with Crippen molar-refractivity contribution in [1.29, 1.82) is 0 Å². The van der Waals surface area contributed by atoms with Gasteiger partial charge >= 0.3 is 5.97 Å². The van der Waals surface area contributed by atoms with E-state index in [9.17, 15) is 4.79 Å². The third kappa shape index (κ3) is 2.48. The number of rotatable bonds is 2. The summed E-state index contributed by atoms with van der Waals surface area (Å²) in [7, 11) is 1.74. The van der Waals surface area contributed by atoms with Crippen molar-refractivity contribution in [2.45, 2.75) is 6.92 Å². The van der Waals surface area contributed by atoms with Crippen molar-refractivity contribution in [1.82, 2.24) is 9.78 Å². The number of benzene rings is 1. The fraction of sp³-hybridized carbons (Fsp3) is 0.133. The number of carbonyl (C=O) groups excluding carboxylic acids is 1. The third-order valence-electron chi connectivity index (χ3n) is 3.12. The molecule has 1 aromatic carbocycles. The summed E-state index contributed by atoms with van der Waals surface area (Å²) in [5.74, 6) is -0.197. The molecule has 2 aromatic rings. The lowest BCUT2D eigenvalue weighted by Crippen LogP contribution is -2.04. The Bertz CT molecular complexity index is 776. The number of esters is 1. The van der Waals surface area contributed by atoms with Crippen LogP contribution in [-0.2, 0) is 16.6 Å². The Kier molecular flexibility index (Phi) is 3.35. The summed E-state index contributed by atoms with van der Waals surface area (Å²) in [6, 6.07) is 9.26. The van der Waals surface area contributed by atoms with E-state index in [0.717, 1.165) is 11.3 Å². The van der Waals surface area contributed by atoms with Crippen LogP contribution in [0.3, 0.4) is 0 Å². The lowest BCUT2D eigenvalue weighted by atomic mass is 10.2. The number of aryl methyl sites for hydroxylation is 2. The molecule has 1 aromatic heterocycles. The predicted octanol–water partition coefficient (Wildman–Crippen LogP) is 2.73. The van der Waals surface area contributed by atoms with Gasteiger partial charge in [0, 0.05) is 18.2 Å². The van der Waals surface area contributed by atoms with Gasteiger partial charge in [-0.15, -0.1) is 0 Å². The van der Waals surface area contributed by atoms with Crippen LogP contribution in [0.4, 0.5) is 0 Å². The molecule has 0 saturated carbocycles. The number of nitrogens with zero attached hydrogens (tertiary/aromatic N) is 3. The number of aliphatic imine (C=N–C) groups is 1. The minimum Gasteiger partial charge on any atom is -0.402 e. The number of hydrogen-bond acceptors (Lipinski definition) is 4. The SMILES string of the molecule is Cc1nn(C)c(Cl)c1/C=C1\N=C(c2ccccc2)OC1=O. The van der Waals surface area contributed by atoms with E-state index in [1.54, 1.807) is 17.8 Å². The summed E-state index contributed by atoms with van der Waals surface area (Å²) in [5, 5.41) is 4.65. The number of aromatic nitrogens is 2. The van der Waals surface area contributed by atoms with Crippen LogP contribution in [0.1, 0.15) is 16.8 Å². The number of carbonyl (C=O) groups is 1. The molecule has 0 unspecified atom stereocenters. The fourth-order valence-electron chi connectivity index (χ4n) is 2.06. The molecule has 0 aliphatic carbocycles. The number of ether oxygens (including phenoxy) is 1. The van der Waals surface area contributed by atoms with Crippen molar-refractivity contribution in [2.75, 3.05) is 0 Å². The second kappa shape index (κ2) is 5.18. The molecule has 0 saturated heterocycles. The second-order valence-corrected chi connectivity index (χ2v) is 4.97. The van der Waals surface area contributed by atoms with E-state index in [-0.39, 0.29) is 5.70 Å². The standard InChI is InChI=1S/C15H12ClN3O2/c1-9-11(13(16)19(2)18-9)8-12-15(20)21-14(17-12)10-6-4-3-5-7-10/h3-8H,1-2H3/b12-8-. The zero-order valence-electron chi connectivity index (χ0n) is 11.5. The summed E-state index contributed by atoms with van der Waals surface area (Å²) >= 11 is 6.15. The molecule has 6 heteroatoms. The minimum atomic E-state index is -0.492. The fourth-order valence-corrected chi connectivity index (χ4v) is 2.29. The van der Waals surface area contributed by atoms with Crippen LogP contribution in [0.25, 0.3) is 6.08 Å². The molecule has 0 atom stereocenters. The highest BCUT2D eigenvalue weighted by atomic mass is 35.5. The number of hydrogen-bond donors (Lipinski definition) is 0. The largest absolute Gasteiger partial charge is 0.402 e. The average molecular weight is 302 g/mol. The van der Waals surface area contributed by atoms with Crippen LogP contribution in [0.5, 0.6) is 0 Å². The quantitative estimate of drug-likeness (QED) is 0.633. The molecule has 21 heavy (non-hydrogen) atoms. The molecule has 0 radical (unpaired) electrons. The van der Waals surface area contributed by atoms with Crippen LogP contribution < -0.4 is 0 Å². The Balaban J connectivity index is 2.01. The molecule has 1 aliphatic rings. The summed E-state index contributed by atoms with van der Waals surface area (Å²) in [6.07, 6.45) is 1.60. The highest BCUT2D eigenvalue weighted by molar-refractivity contribution is 6.31. The number of cyclic esters (lactones) is 1. The van der Waals surface area contributed by atoms with E-state index in [2.05, 4.69) is 10.1 Å². The van der Waals surface area contributed by atoms with Gasteiger partial charge in [0.05, 0.1) is 5.69 Å². The molecule has 0 bridgehead atoms. The minimum absolute atomic E-state index is 0.215. The molecule has 0 fully saturated rings. The lowest BCUT2D eigenvalue weighted by Gasteiger charge is -1.97. The summed E-state index contributed by atoms with van der Waals surface area (Å²) < 4.78 is 6.74. The van der Waals surface area contributed by atoms with Crippen molar-refractivity contribution in [3.05, 3.63) is 58.0 Å². The maximum atomic E-state index is 11.9. The molecule has 106 valence electrons. The predicted molar refractivity (Wildman–Crippen MR) is 80.0 cm³/mol. The van der Waals surface area contributed by atoms with Gasteiger partial charge in [-0.3, -0.25) is 4.68 Å². The third-order valence-corrected chi connectivity index (χ3v) is 3.57. The first kappa shape index (κ1) is 13.6. The Labute approximate surface area is 126 Å². The van der Waals surface area contributed by atoms with Crippen LogP contribution in [0.15, 0.2) is 41.0 Å². The van der Waals surface area contributed by atoms with E-state index < -0.39 is 5.97 Å². The van der Waals surface area contributed by atoms with Crippen LogP contribution in [0, 0.1) is 6.92 Å². The zero-order valence-corrected chi connectivity index (χ0v) is 12.3. The molecule has 0 spiro atoms. The molecule has 0 amide bonds. The van der Waals surface area contributed by atoms with Crippen molar-refractivity contribution >= 4 is 29.5 Å². The zero-order chi connectivity index (χ0) is 15.0. The van der Waals surface area contributed by atoms with Gasteiger partial charge in [0.15, 0.2) is 5.70 Å². The Morgan fingerprint density at radius 3 is 2.62 bits per heavy atom. The molecule has 5 nitrogen and oxygen atoms in total. The summed E-state index contributed by atoms with van der Waals surface area (Å²) in [6.45, 7) is 1.82. The van der Waals surface area contributed by atoms with Gasteiger partial charge < -0.3 is 4.74 Å². The first-order valence-corrected chi connectivity index (χ1v) is 6.71. The first-order valence-electron chi connectivity index (χ1n) is 6.33. The molecule has 2 heterocycles. The van der Waals surface area contributed by atoms with Crippen LogP contribution >= 0.6 is 11.6 Å². The van der Waals surface area contributed by atoms with Gasteiger partial charge in [0.2, 0.25) is 5.90 Å². The monoisotopic (exact) mass is 301 g/mol. The molecule has 3 rings (SSSR count). The Morgan fingerprint density at radius 1 is 1.29 bits per heavy atom. The van der Waals surface area contributed by atoms with Gasteiger partial charge in [-0.2, -0.15) is 5.10 Å². The maximum absolute atomic E-state index is 11.9. The van der Waals surface area contributed by atoms with Crippen LogP contribution in [-0.4, -0.2) is 21.6 Å². The van der Waals surface area contributed by atoms with Gasteiger partial charge in [0.25, 0.3) is 0 Å². The highest BCUT2D eigenvalue weighted by Crippen LogP contribution is 2.25.